The fraction of sp³-hybridized carbons (Fsp3) is 0.312. The maximum absolute atomic E-state index is 9.82. The average molecular weight is 352 g/mol. The lowest BCUT2D eigenvalue weighted by molar-refractivity contribution is 0.189. The fourth-order valence-electron chi connectivity index (χ4n) is 2.02. The van der Waals surface area contributed by atoms with E-state index in [2.05, 4.69) is 20.9 Å². The summed E-state index contributed by atoms with van der Waals surface area (Å²) in [4.78, 5) is 4.41. The molecule has 0 aliphatic rings. The van der Waals surface area contributed by atoms with Gasteiger partial charge in [-0.3, -0.25) is 4.98 Å². The van der Waals surface area contributed by atoms with Crippen LogP contribution < -0.4 is 9.47 Å². The van der Waals surface area contributed by atoms with Crippen molar-refractivity contribution in [2.45, 2.75) is 26.6 Å². The van der Waals surface area contributed by atoms with E-state index in [0.717, 1.165) is 27.2 Å². The smallest absolute Gasteiger partial charge is 0.130 e. The SMILES string of the molecule is COc1cc(C)nc(COc2ccc(Br)cc2C(C)O)c1. The van der Waals surface area contributed by atoms with E-state index in [1.54, 1.807) is 14.0 Å². The Balaban J connectivity index is 2.18. The van der Waals surface area contributed by atoms with Gasteiger partial charge in [0.25, 0.3) is 0 Å². The second-order valence-electron chi connectivity index (χ2n) is 4.79. The van der Waals surface area contributed by atoms with E-state index >= 15 is 0 Å². The number of pyridine rings is 1. The summed E-state index contributed by atoms with van der Waals surface area (Å²) in [5, 5.41) is 9.82. The minimum absolute atomic E-state index is 0.319. The number of nitrogens with zero attached hydrogens (tertiary/aromatic N) is 1. The molecule has 2 rings (SSSR count). The third-order valence-corrected chi connectivity index (χ3v) is 3.51. The van der Waals surface area contributed by atoms with Crippen molar-refractivity contribution in [1.82, 2.24) is 4.98 Å². The molecule has 0 saturated carbocycles. The molecule has 0 bridgehead atoms. The van der Waals surface area contributed by atoms with Crippen LogP contribution in [-0.2, 0) is 6.61 Å². The number of aromatic nitrogens is 1. The van der Waals surface area contributed by atoms with Crippen molar-refractivity contribution >= 4 is 15.9 Å². The van der Waals surface area contributed by atoms with Gasteiger partial charge in [-0.1, -0.05) is 15.9 Å². The number of aliphatic hydroxyl groups is 1. The van der Waals surface area contributed by atoms with E-state index in [9.17, 15) is 5.11 Å². The number of aryl methyl sites for hydroxylation is 1. The Morgan fingerprint density at radius 2 is 2.05 bits per heavy atom. The van der Waals surface area contributed by atoms with Gasteiger partial charge in [-0.05, 0) is 32.0 Å². The lowest BCUT2D eigenvalue weighted by atomic mass is 10.1. The summed E-state index contributed by atoms with van der Waals surface area (Å²) in [6.45, 7) is 3.94. The summed E-state index contributed by atoms with van der Waals surface area (Å²) in [7, 11) is 1.62. The van der Waals surface area contributed by atoms with Gasteiger partial charge in [0, 0.05) is 27.9 Å². The Hall–Kier alpha value is -1.59. The average Bonchev–Trinajstić information content (AvgIpc) is 2.45. The normalized spacial score (nSPS) is 12.0. The van der Waals surface area contributed by atoms with Crippen LogP contribution in [-0.4, -0.2) is 17.2 Å². The maximum Gasteiger partial charge on any atom is 0.130 e. The van der Waals surface area contributed by atoms with Crippen molar-refractivity contribution in [1.29, 1.82) is 0 Å². The number of hydrogen-bond donors (Lipinski definition) is 1. The lowest BCUT2D eigenvalue weighted by Gasteiger charge is -2.14. The zero-order chi connectivity index (χ0) is 15.4. The highest BCUT2D eigenvalue weighted by molar-refractivity contribution is 9.10. The molecular weight excluding hydrogens is 334 g/mol. The van der Waals surface area contributed by atoms with Crippen molar-refractivity contribution in [2.24, 2.45) is 0 Å². The van der Waals surface area contributed by atoms with Crippen LogP contribution in [0.3, 0.4) is 0 Å². The van der Waals surface area contributed by atoms with Crippen molar-refractivity contribution < 1.29 is 14.6 Å². The highest BCUT2D eigenvalue weighted by atomic mass is 79.9. The molecule has 0 saturated heterocycles. The topological polar surface area (TPSA) is 51.6 Å². The molecule has 2 aromatic rings. The van der Waals surface area contributed by atoms with Crippen LogP contribution in [0.15, 0.2) is 34.8 Å². The Labute approximate surface area is 132 Å². The fourth-order valence-corrected chi connectivity index (χ4v) is 2.40. The minimum atomic E-state index is -0.600. The molecule has 4 nitrogen and oxygen atoms in total. The van der Waals surface area contributed by atoms with Crippen molar-refractivity contribution in [3.63, 3.8) is 0 Å². The first-order chi connectivity index (χ1) is 9.99. The number of methoxy groups -OCH3 is 1. The van der Waals surface area contributed by atoms with Gasteiger partial charge >= 0.3 is 0 Å². The van der Waals surface area contributed by atoms with E-state index in [1.165, 1.54) is 0 Å². The molecule has 1 heterocycles. The van der Waals surface area contributed by atoms with Crippen molar-refractivity contribution in [2.75, 3.05) is 7.11 Å². The summed E-state index contributed by atoms with van der Waals surface area (Å²) in [6.07, 6.45) is -0.600. The van der Waals surface area contributed by atoms with Gasteiger partial charge in [0.2, 0.25) is 0 Å². The van der Waals surface area contributed by atoms with E-state index in [4.69, 9.17) is 9.47 Å². The third-order valence-electron chi connectivity index (χ3n) is 3.01. The van der Waals surface area contributed by atoms with E-state index in [0.29, 0.717) is 12.4 Å². The van der Waals surface area contributed by atoms with Crippen molar-refractivity contribution in [3.8, 4) is 11.5 Å². The summed E-state index contributed by atoms with van der Waals surface area (Å²) in [5.41, 5.74) is 2.40. The molecule has 0 aliphatic heterocycles. The molecule has 1 aromatic carbocycles. The predicted octanol–water partition coefficient (Wildman–Crippen LogP) is 3.79. The molecule has 0 radical (unpaired) electrons. The molecule has 1 aromatic heterocycles. The van der Waals surface area contributed by atoms with E-state index < -0.39 is 6.10 Å². The molecule has 1 N–H and O–H groups in total. The first-order valence-electron chi connectivity index (χ1n) is 6.61. The third kappa shape index (κ3) is 4.19. The summed E-state index contributed by atoms with van der Waals surface area (Å²) >= 11 is 3.39. The lowest BCUT2D eigenvalue weighted by Crippen LogP contribution is -2.03. The standard InChI is InChI=1S/C16H18BrNO3/c1-10-6-14(20-3)8-13(18-10)9-21-16-5-4-12(17)7-15(16)11(2)19/h4-8,11,19H,9H2,1-3H3. The van der Waals surface area contributed by atoms with Crippen LogP contribution in [0.4, 0.5) is 0 Å². The van der Waals surface area contributed by atoms with Crippen LogP contribution in [0, 0.1) is 6.92 Å². The van der Waals surface area contributed by atoms with Gasteiger partial charge in [0.05, 0.1) is 18.9 Å². The number of hydrogen-bond acceptors (Lipinski definition) is 4. The van der Waals surface area contributed by atoms with Crippen molar-refractivity contribution in [3.05, 3.63) is 51.8 Å². The molecule has 1 atom stereocenters. The number of rotatable bonds is 5. The highest BCUT2D eigenvalue weighted by Gasteiger charge is 2.11. The first kappa shape index (κ1) is 15.8. The molecule has 0 spiro atoms. The highest BCUT2D eigenvalue weighted by Crippen LogP contribution is 2.29. The Kier molecular flexibility index (Phi) is 5.20. The molecule has 0 amide bonds. The molecule has 21 heavy (non-hydrogen) atoms. The van der Waals surface area contributed by atoms with Gasteiger partial charge in [0.15, 0.2) is 0 Å². The largest absolute Gasteiger partial charge is 0.497 e. The monoisotopic (exact) mass is 351 g/mol. The van der Waals surface area contributed by atoms with Gasteiger partial charge in [-0.2, -0.15) is 0 Å². The van der Waals surface area contributed by atoms with Gasteiger partial charge < -0.3 is 14.6 Å². The second kappa shape index (κ2) is 6.91. The molecule has 112 valence electrons. The maximum atomic E-state index is 9.82. The van der Waals surface area contributed by atoms with E-state index in [1.807, 2.05) is 37.3 Å². The van der Waals surface area contributed by atoms with Gasteiger partial charge in [0.1, 0.15) is 18.1 Å². The van der Waals surface area contributed by atoms with Crippen LogP contribution in [0.25, 0.3) is 0 Å². The molecule has 0 aliphatic carbocycles. The van der Waals surface area contributed by atoms with E-state index in [-0.39, 0.29) is 0 Å². The molecule has 0 fully saturated rings. The van der Waals surface area contributed by atoms with Crippen LogP contribution >= 0.6 is 15.9 Å². The first-order valence-corrected chi connectivity index (χ1v) is 7.40. The van der Waals surface area contributed by atoms with Crippen LogP contribution in [0.2, 0.25) is 0 Å². The number of aliphatic hydroxyl groups excluding tert-OH is 1. The second-order valence-corrected chi connectivity index (χ2v) is 5.70. The zero-order valence-corrected chi connectivity index (χ0v) is 13.8. The van der Waals surface area contributed by atoms with Gasteiger partial charge in [-0.25, -0.2) is 0 Å². The predicted molar refractivity (Wildman–Crippen MR) is 84.6 cm³/mol. The zero-order valence-electron chi connectivity index (χ0n) is 12.3. The number of benzene rings is 1. The minimum Gasteiger partial charge on any atom is -0.497 e. The Morgan fingerprint density at radius 3 is 2.71 bits per heavy atom. The Bertz CT molecular complexity index is 629. The molecular formula is C16H18BrNO3. The summed E-state index contributed by atoms with van der Waals surface area (Å²) in [5.74, 6) is 1.41. The number of ether oxygens (including phenoxy) is 2. The summed E-state index contributed by atoms with van der Waals surface area (Å²) in [6, 6.07) is 9.27. The molecule has 5 heteroatoms. The van der Waals surface area contributed by atoms with Crippen LogP contribution in [0.5, 0.6) is 11.5 Å². The number of halogens is 1. The molecule has 1 unspecified atom stereocenters. The van der Waals surface area contributed by atoms with Gasteiger partial charge in [-0.15, -0.1) is 0 Å². The van der Waals surface area contributed by atoms with Crippen LogP contribution in [0.1, 0.15) is 30.0 Å². The Morgan fingerprint density at radius 1 is 1.29 bits per heavy atom. The summed E-state index contributed by atoms with van der Waals surface area (Å²) < 4.78 is 11.9. The quantitative estimate of drug-likeness (QED) is 0.890.